The molecule has 0 aliphatic rings. The second-order valence-electron chi connectivity index (χ2n) is 4.69. The van der Waals surface area contributed by atoms with Crippen molar-refractivity contribution >= 4 is 0 Å². The van der Waals surface area contributed by atoms with Gasteiger partial charge in [0.2, 0.25) is 0 Å². The van der Waals surface area contributed by atoms with Crippen LogP contribution in [0.2, 0.25) is 0 Å². The molecule has 0 fully saturated rings. The number of hydrogen-bond acceptors (Lipinski definition) is 1. The van der Waals surface area contributed by atoms with Crippen LogP contribution in [0.3, 0.4) is 0 Å². The number of nitrogens with one attached hydrogen (secondary N) is 1. The Bertz CT molecular complexity index is 540. The second-order valence-corrected chi connectivity index (χ2v) is 4.69. The maximum absolute atomic E-state index is 12.0. The third-order valence-electron chi connectivity index (χ3n) is 2.68. The van der Waals surface area contributed by atoms with Crippen LogP contribution in [0.5, 0.6) is 0 Å². The van der Waals surface area contributed by atoms with Crippen molar-refractivity contribution in [2.24, 2.45) is 5.92 Å². The molecule has 1 aromatic carbocycles. The number of hydrogen-bond donors (Lipinski definition) is 1. The van der Waals surface area contributed by atoms with Crippen molar-refractivity contribution in [3.05, 3.63) is 58.5 Å². The maximum atomic E-state index is 12.0. The Labute approximate surface area is 101 Å². The molecule has 0 bridgehead atoms. The minimum atomic E-state index is -0.00523. The molecular weight excluding hydrogens is 210 g/mol. The Morgan fingerprint density at radius 1 is 1.06 bits per heavy atom. The van der Waals surface area contributed by atoms with E-state index < -0.39 is 0 Å². The molecule has 0 unspecified atom stereocenters. The van der Waals surface area contributed by atoms with Crippen LogP contribution < -0.4 is 5.56 Å². The van der Waals surface area contributed by atoms with Gasteiger partial charge in [0.15, 0.2) is 0 Å². The first-order chi connectivity index (χ1) is 8.16. The van der Waals surface area contributed by atoms with Crippen molar-refractivity contribution in [2.75, 3.05) is 0 Å². The Kier molecular flexibility index (Phi) is 3.43. The third kappa shape index (κ3) is 2.84. The lowest BCUT2D eigenvalue weighted by Crippen LogP contribution is -2.12. The first-order valence-corrected chi connectivity index (χ1v) is 5.94. The lowest BCUT2D eigenvalue weighted by molar-refractivity contribution is 0.634. The molecule has 0 radical (unpaired) electrons. The fourth-order valence-electron chi connectivity index (χ4n) is 1.92. The van der Waals surface area contributed by atoms with Crippen LogP contribution >= 0.6 is 0 Å². The van der Waals surface area contributed by atoms with E-state index in [-0.39, 0.29) is 5.56 Å². The Morgan fingerprint density at radius 3 is 2.35 bits per heavy atom. The van der Waals surface area contributed by atoms with Crippen LogP contribution in [-0.4, -0.2) is 4.98 Å². The van der Waals surface area contributed by atoms with Crippen LogP contribution in [0, 0.1) is 5.92 Å². The highest BCUT2D eigenvalue weighted by atomic mass is 16.1. The summed E-state index contributed by atoms with van der Waals surface area (Å²) in [5.74, 6) is 0.549. The van der Waals surface area contributed by atoms with E-state index in [9.17, 15) is 4.79 Å². The molecule has 1 aromatic heterocycles. The highest BCUT2D eigenvalue weighted by molar-refractivity contribution is 5.61. The molecule has 2 nitrogen and oxygen atoms in total. The number of H-pyrrole nitrogens is 1. The van der Waals surface area contributed by atoms with Crippen molar-refractivity contribution in [2.45, 2.75) is 20.3 Å². The summed E-state index contributed by atoms with van der Waals surface area (Å²) in [4.78, 5) is 14.9. The average Bonchev–Trinajstić information content (AvgIpc) is 2.29. The molecule has 0 saturated carbocycles. The molecule has 2 heteroatoms. The molecule has 0 aliphatic carbocycles. The van der Waals surface area contributed by atoms with Crippen molar-refractivity contribution in [1.82, 2.24) is 4.98 Å². The fourth-order valence-corrected chi connectivity index (χ4v) is 1.92. The average molecular weight is 227 g/mol. The van der Waals surface area contributed by atoms with Gasteiger partial charge in [-0.05, 0) is 30.0 Å². The molecular formula is C15H17NO. The number of aromatic nitrogens is 1. The van der Waals surface area contributed by atoms with E-state index in [1.54, 1.807) is 0 Å². The smallest absolute Gasteiger partial charge is 0.256 e. The van der Waals surface area contributed by atoms with E-state index in [0.29, 0.717) is 5.92 Å². The molecule has 0 aliphatic heterocycles. The van der Waals surface area contributed by atoms with Crippen molar-refractivity contribution in [3.8, 4) is 11.1 Å². The number of pyridine rings is 1. The first-order valence-electron chi connectivity index (χ1n) is 5.94. The minimum absolute atomic E-state index is 0.00523. The Morgan fingerprint density at radius 2 is 1.76 bits per heavy atom. The van der Waals surface area contributed by atoms with Gasteiger partial charge in [0, 0.05) is 11.3 Å². The summed E-state index contributed by atoms with van der Waals surface area (Å²) < 4.78 is 0. The monoisotopic (exact) mass is 227 g/mol. The molecule has 0 saturated heterocycles. The van der Waals surface area contributed by atoms with Gasteiger partial charge in [-0.3, -0.25) is 4.79 Å². The summed E-state index contributed by atoms with van der Waals surface area (Å²) >= 11 is 0. The molecule has 17 heavy (non-hydrogen) atoms. The zero-order chi connectivity index (χ0) is 12.3. The molecule has 2 aromatic rings. The highest BCUT2D eigenvalue weighted by Crippen LogP contribution is 2.14. The van der Waals surface area contributed by atoms with Gasteiger partial charge < -0.3 is 4.98 Å². The Balaban J connectivity index is 2.36. The van der Waals surface area contributed by atoms with E-state index in [0.717, 1.165) is 23.2 Å². The van der Waals surface area contributed by atoms with E-state index in [1.807, 2.05) is 42.5 Å². The molecule has 1 heterocycles. The minimum Gasteiger partial charge on any atom is -0.326 e. The predicted octanol–water partition coefficient (Wildman–Crippen LogP) is 3.24. The topological polar surface area (TPSA) is 32.9 Å². The quantitative estimate of drug-likeness (QED) is 0.857. The summed E-state index contributed by atoms with van der Waals surface area (Å²) in [5, 5.41) is 0. The van der Waals surface area contributed by atoms with E-state index in [4.69, 9.17) is 0 Å². The van der Waals surface area contributed by atoms with Crippen LogP contribution in [0.1, 0.15) is 19.5 Å². The third-order valence-corrected chi connectivity index (χ3v) is 2.68. The molecule has 0 spiro atoms. The summed E-state index contributed by atoms with van der Waals surface area (Å²) in [5.41, 5.74) is 2.70. The van der Waals surface area contributed by atoms with Crippen LogP contribution in [-0.2, 0) is 6.42 Å². The van der Waals surface area contributed by atoms with Gasteiger partial charge in [0.1, 0.15) is 0 Å². The molecule has 0 amide bonds. The zero-order valence-electron chi connectivity index (χ0n) is 10.2. The maximum Gasteiger partial charge on any atom is 0.256 e. The molecule has 0 atom stereocenters. The van der Waals surface area contributed by atoms with Gasteiger partial charge in [0.05, 0.1) is 0 Å². The SMILES string of the molecule is CC(C)Cc1ccc(-c2ccccc2)c(=O)[nH]1. The number of aromatic amines is 1. The molecule has 88 valence electrons. The van der Waals surface area contributed by atoms with Gasteiger partial charge in [-0.15, -0.1) is 0 Å². The zero-order valence-corrected chi connectivity index (χ0v) is 10.2. The normalized spacial score (nSPS) is 10.8. The Hall–Kier alpha value is -1.83. The van der Waals surface area contributed by atoms with Crippen LogP contribution in [0.4, 0.5) is 0 Å². The largest absolute Gasteiger partial charge is 0.326 e. The lowest BCUT2D eigenvalue weighted by atomic mass is 10.0. The van der Waals surface area contributed by atoms with Gasteiger partial charge in [0.25, 0.3) is 5.56 Å². The van der Waals surface area contributed by atoms with Gasteiger partial charge >= 0.3 is 0 Å². The summed E-state index contributed by atoms with van der Waals surface area (Å²) in [7, 11) is 0. The summed E-state index contributed by atoms with van der Waals surface area (Å²) in [6.07, 6.45) is 0.907. The second kappa shape index (κ2) is 5.00. The fraction of sp³-hybridized carbons (Fsp3) is 0.267. The van der Waals surface area contributed by atoms with E-state index in [1.165, 1.54) is 0 Å². The van der Waals surface area contributed by atoms with Crippen molar-refractivity contribution < 1.29 is 0 Å². The number of benzene rings is 1. The highest BCUT2D eigenvalue weighted by Gasteiger charge is 2.04. The van der Waals surface area contributed by atoms with Gasteiger partial charge in [-0.2, -0.15) is 0 Å². The van der Waals surface area contributed by atoms with Gasteiger partial charge in [-0.25, -0.2) is 0 Å². The summed E-state index contributed by atoms with van der Waals surface area (Å²) in [6, 6.07) is 13.6. The van der Waals surface area contributed by atoms with Crippen LogP contribution in [0.25, 0.3) is 11.1 Å². The van der Waals surface area contributed by atoms with Crippen molar-refractivity contribution in [1.29, 1.82) is 0 Å². The molecule has 2 rings (SSSR count). The standard InChI is InChI=1S/C15H17NO/c1-11(2)10-13-8-9-14(15(17)16-13)12-6-4-3-5-7-12/h3-9,11H,10H2,1-2H3,(H,16,17). The van der Waals surface area contributed by atoms with Gasteiger partial charge in [-0.1, -0.05) is 44.2 Å². The molecule has 1 N–H and O–H groups in total. The van der Waals surface area contributed by atoms with E-state index >= 15 is 0 Å². The van der Waals surface area contributed by atoms with Crippen molar-refractivity contribution in [3.63, 3.8) is 0 Å². The lowest BCUT2D eigenvalue weighted by Gasteiger charge is -2.06. The first kappa shape index (κ1) is 11.6. The summed E-state index contributed by atoms with van der Waals surface area (Å²) in [6.45, 7) is 4.28. The van der Waals surface area contributed by atoms with E-state index in [2.05, 4.69) is 18.8 Å². The van der Waals surface area contributed by atoms with Crippen LogP contribution in [0.15, 0.2) is 47.3 Å². The number of rotatable bonds is 3. The predicted molar refractivity (Wildman–Crippen MR) is 71.0 cm³/mol.